The van der Waals surface area contributed by atoms with Crippen molar-refractivity contribution in [3.63, 3.8) is 0 Å². The molecule has 19 heavy (non-hydrogen) atoms. The minimum absolute atomic E-state index is 0.593. The van der Waals surface area contributed by atoms with Crippen LogP contribution < -0.4 is 5.32 Å². The number of likely N-dealkylation sites (N-methyl/N-ethyl adjacent to an activating group) is 1. The van der Waals surface area contributed by atoms with Crippen molar-refractivity contribution in [1.29, 1.82) is 0 Å². The lowest BCUT2D eigenvalue weighted by Gasteiger charge is -2.30. The minimum Gasteiger partial charge on any atom is -0.316 e. The van der Waals surface area contributed by atoms with Gasteiger partial charge in [-0.1, -0.05) is 30.2 Å². The van der Waals surface area contributed by atoms with E-state index in [9.17, 15) is 0 Å². The normalized spacial score (nSPS) is 30.8. The van der Waals surface area contributed by atoms with Gasteiger partial charge in [-0.3, -0.25) is 0 Å². The molecule has 0 saturated heterocycles. The van der Waals surface area contributed by atoms with Crippen LogP contribution in [0.3, 0.4) is 0 Å². The van der Waals surface area contributed by atoms with Gasteiger partial charge in [-0.05, 0) is 74.6 Å². The molecule has 2 saturated carbocycles. The fraction of sp³-hybridized carbons (Fsp3) is 0.647. The number of hydrogen-bond acceptors (Lipinski definition) is 1. The molecule has 0 radical (unpaired) electrons. The van der Waals surface area contributed by atoms with E-state index >= 15 is 0 Å². The Hall–Kier alpha value is -0.530. The van der Waals surface area contributed by atoms with Gasteiger partial charge in [-0.15, -0.1) is 0 Å². The molecule has 1 aromatic rings. The predicted molar refractivity (Wildman–Crippen MR) is 81.7 cm³/mol. The van der Waals surface area contributed by atoms with E-state index in [2.05, 4.69) is 37.5 Å². The van der Waals surface area contributed by atoms with E-state index in [1.54, 1.807) is 0 Å². The van der Waals surface area contributed by atoms with Crippen molar-refractivity contribution >= 4 is 11.6 Å². The van der Waals surface area contributed by atoms with Gasteiger partial charge in [0.15, 0.2) is 0 Å². The summed E-state index contributed by atoms with van der Waals surface area (Å²) in [6, 6.07) is 7.06. The number of nitrogens with one attached hydrogen (secondary N) is 1. The van der Waals surface area contributed by atoms with E-state index in [0.29, 0.717) is 6.04 Å². The summed E-state index contributed by atoms with van der Waals surface area (Å²) < 4.78 is 0. The summed E-state index contributed by atoms with van der Waals surface area (Å²) >= 11 is 6.39. The monoisotopic (exact) mass is 277 g/mol. The Morgan fingerprint density at radius 2 is 2.16 bits per heavy atom. The summed E-state index contributed by atoms with van der Waals surface area (Å²) in [7, 11) is 2.11. The standard InChI is InChI=1S/C17H24ClN/c1-11-3-5-14(16(18)7-11)10-17(19-2)15-9-12-4-6-13(15)8-12/h3,5,7,12-13,15,17,19H,4,6,8-10H2,1-2H3. The molecule has 0 amide bonds. The van der Waals surface area contributed by atoms with Crippen molar-refractivity contribution in [2.75, 3.05) is 7.05 Å². The van der Waals surface area contributed by atoms with Crippen LogP contribution in [0.25, 0.3) is 0 Å². The average molecular weight is 278 g/mol. The second-order valence-corrected chi connectivity index (χ2v) is 6.94. The number of fused-ring (bicyclic) bond motifs is 2. The average Bonchev–Trinajstić information content (AvgIpc) is 3.00. The quantitative estimate of drug-likeness (QED) is 0.869. The lowest BCUT2D eigenvalue weighted by molar-refractivity contribution is 0.255. The molecule has 0 aromatic heterocycles. The van der Waals surface area contributed by atoms with Crippen molar-refractivity contribution in [2.24, 2.45) is 17.8 Å². The summed E-state index contributed by atoms with van der Waals surface area (Å²) in [5, 5.41) is 4.49. The lowest BCUT2D eigenvalue weighted by Crippen LogP contribution is -2.38. The Morgan fingerprint density at radius 1 is 1.32 bits per heavy atom. The van der Waals surface area contributed by atoms with Crippen LogP contribution in [0, 0.1) is 24.7 Å². The SMILES string of the molecule is CNC(Cc1ccc(C)cc1Cl)C1CC2CCC1C2. The van der Waals surface area contributed by atoms with Crippen molar-refractivity contribution in [3.8, 4) is 0 Å². The van der Waals surface area contributed by atoms with Crippen LogP contribution >= 0.6 is 11.6 Å². The van der Waals surface area contributed by atoms with Gasteiger partial charge in [0.1, 0.15) is 0 Å². The Kier molecular flexibility index (Phi) is 3.86. The van der Waals surface area contributed by atoms with Crippen molar-refractivity contribution in [3.05, 3.63) is 34.3 Å². The Balaban J connectivity index is 1.73. The first kappa shape index (κ1) is 13.5. The molecule has 2 fully saturated rings. The van der Waals surface area contributed by atoms with E-state index < -0.39 is 0 Å². The highest BCUT2D eigenvalue weighted by Crippen LogP contribution is 2.50. The van der Waals surface area contributed by atoms with Gasteiger partial charge in [0.05, 0.1) is 0 Å². The summed E-state index contributed by atoms with van der Waals surface area (Å²) in [6.07, 6.45) is 6.91. The molecule has 104 valence electrons. The molecule has 0 aliphatic heterocycles. The van der Waals surface area contributed by atoms with E-state index in [1.807, 2.05) is 0 Å². The van der Waals surface area contributed by atoms with Gasteiger partial charge in [0, 0.05) is 11.1 Å². The second-order valence-electron chi connectivity index (χ2n) is 6.53. The van der Waals surface area contributed by atoms with Crippen LogP contribution in [0.2, 0.25) is 5.02 Å². The molecule has 4 unspecified atom stereocenters. The summed E-state index contributed by atoms with van der Waals surface area (Å²) in [5.74, 6) is 2.84. The molecule has 1 aromatic carbocycles. The van der Waals surface area contributed by atoms with Gasteiger partial charge >= 0.3 is 0 Å². The predicted octanol–water partition coefficient (Wildman–Crippen LogP) is 4.22. The van der Waals surface area contributed by atoms with Crippen molar-refractivity contribution in [1.82, 2.24) is 5.32 Å². The molecular weight excluding hydrogens is 254 g/mol. The molecular formula is C17H24ClN. The van der Waals surface area contributed by atoms with Gasteiger partial charge in [0.2, 0.25) is 0 Å². The zero-order valence-corrected chi connectivity index (χ0v) is 12.7. The largest absolute Gasteiger partial charge is 0.316 e. The molecule has 2 aliphatic carbocycles. The fourth-order valence-corrected chi connectivity index (χ4v) is 4.62. The van der Waals surface area contributed by atoms with Crippen LogP contribution in [0.15, 0.2) is 18.2 Å². The Morgan fingerprint density at radius 3 is 2.74 bits per heavy atom. The molecule has 1 N–H and O–H groups in total. The van der Waals surface area contributed by atoms with E-state index in [1.165, 1.54) is 36.8 Å². The number of aryl methyl sites for hydroxylation is 1. The van der Waals surface area contributed by atoms with Crippen molar-refractivity contribution < 1.29 is 0 Å². The molecule has 0 heterocycles. The topological polar surface area (TPSA) is 12.0 Å². The lowest BCUT2D eigenvalue weighted by atomic mass is 9.81. The highest BCUT2D eigenvalue weighted by Gasteiger charge is 2.42. The molecule has 2 bridgehead atoms. The Labute approximate surface area is 121 Å². The highest BCUT2D eigenvalue weighted by atomic mass is 35.5. The second kappa shape index (κ2) is 5.46. The third kappa shape index (κ3) is 2.68. The van der Waals surface area contributed by atoms with E-state index in [-0.39, 0.29) is 0 Å². The smallest absolute Gasteiger partial charge is 0.0441 e. The molecule has 0 spiro atoms. The fourth-order valence-electron chi connectivity index (χ4n) is 4.31. The molecule has 1 nitrogen and oxygen atoms in total. The van der Waals surface area contributed by atoms with Gasteiger partial charge < -0.3 is 5.32 Å². The number of rotatable bonds is 4. The van der Waals surface area contributed by atoms with Crippen LogP contribution in [0.5, 0.6) is 0 Å². The number of benzene rings is 1. The summed E-state index contributed by atoms with van der Waals surface area (Å²) in [4.78, 5) is 0. The molecule has 2 heteroatoms. The van der Waals surface area contributed by atoms with E-state index in [0.717, 1.165) is 29.2 Å². The maximum absolute atomic E-state index is 6.39. The number of halogens is 1. The maximum Gasteiger partial charge on any atom is 0.0441 e. The minimum atomic E-state index is 0.593. The summed E-state index contributed by atoms with van der Waals surface area (Å²) in [6.45, 7) is 2.10. The van der Waals surface area contributed by atoms with Crippen molar-refractivity contribution in [2.45, 2.75) is 45.1 Å². The number of hydrogen-bond donors (Lipinski definition) is 1. The van der Waals surface area contributed by atoms with Gasteiger partial charge in [-0.2, -0.15) is 0 Å². The zero-order chi connectivity index (χ0) is 13.4. The van der Waals surface area contributed by atoms with Gasteiger partial charge in [-0.25, -0.2) is 0 Å². The first-order valence-corrected chi connectivity index (χ1v) is 7.97. The first-order chi connectivity index (χ1) is 9.17. The maximum atomic E-state index is 6.39. The van der Waals surface area contributed by atoms with E-state index in [4.69, 9.17) is 11.6 Å². The zero-order valence-electron chi connectivity index (χ0n) is 12.0. The third-order valence-corrected chi connectivity index (χ3v) is 5.68. The van der Waals surface area contributed by atoms with Gasteiger partial charge in [0.25, 0.3) is 0 Å². The third-order valence-electron chi connectivity index (χ3n) is 5.33. The molecule has 3 rings (SSSR count). The summed E-state index contributed by atoms with van der Waals surface area (Å²) in [5.41, 5.74) is 2.55. The molecule has 2 aliphatic rings. The first-order valence-electron chi connectivity index (χ1n) is 7.59. The van der Waals surface area contributed by atoms with Crippen LogP contribution in [-0.4, -0.2) is 13.1 Å². The van der Waals surface area contributed by atoms with Crippen LogP contribution in [0.1, 0.15) is 36.8 Å². The highest BCUT2D eigenvalue weighted by molar-refractivity contribution is 6.31. The van der Waals surface area contributed by atoms with Crippen LogP contribution in [0.4, 0.5) is 0 Å². The Bertz CT molecular complexity index is 457. The van der Waals surface area contributed by atoms with Crippen LogP contribution in [-0.2, 0) is 6.42 Å². The molecule has 4 atom stereocenters.